The predicted octanol–water partition coefficient (Wildman–Crippen LogP) is 1.75. The standard InChI is InChI=1S/C13H19NO3S/c1-10(9-15-2)16-7-8-17-12-6-4-3-5-11(12)13(14)18/h3-6,10H,7-9H2,1-2H3,(H2,14,18). The highest BCUT2D eigenvalue weighted by atomic mass is 32.1. The van der Waals surface area contributed by atoms with Crippen LogP contribution in [-0.4, -0.2) is 38.0 Å². The van der Waals surface area contributed by atoms with Crippen molar-refractivity contribution >= 4 is 17.2 Å². The lowest BCUT2D eigenvalue weighted by molar-refractivity contribution is -0.00215. The van der Waals surface area contributed by atoms with Crippen LogP contribution in [0.4, 0.5) is 0 Å². The molecule has 0 amide bonds. The van der Waals surface area contributed by atoms with Gasteiger partial charge in [-0.2, -0.15) is 0 Å². The molecule has 0 fully saturated rings. The van der Waals surface area contributed by atoms with Gasteiger partial charge in [-0.05, 0) is 19.1 Å². The molecule has 0 aliphatic rings. The van der Waals surface area contributed by atoms with Crippen molar-refractivity contribution in [2.24, 2.45) is 5.73 Å². The molecule has 1 rings (SSSR count). The molecule has 1 atom stereocenters. The molecule has 18 heavy (non-hydrogen) atoms. The number of benzene rings is 1. The molecule has 1 aromatic rings. The zero-order valence-corrected chi connectivity index (χ0v) is 11.5. The van der Waals surface area contributed by atoms with Crippen LogP contribution in [0.15, 0.2) is 24.3 Å². The fourth-order valence-electron chi connectivity index (χ4n) is 1.48. The van der Waals surface area contributed by atoms with Gasteiger partial charge in [0.1, 0.15) is 17.3 Å². The first-order valence-electron chi connectivity index (χ1n) is 5.77. The van der Waals surface area contributed by atoms with E-state index in [1.807, 2.05) is 31.2 Å². The molecule has 0 aliphatic heterocycles. The van der Waals surface area contributed by atoms with Crippen molar-refractivity contribution in [1.29, 1.82) is 0 Å². The van der Waals surface area contributed by atoms with Crippen LogP contribution in [0.5, 0.6) is 5.75 Å². The van der Waals surface area contributed by atoms with Crippen molar-refractivity contribution < 1.29 is 14.2 Å². The average molecular weight is 269 g/mol. The van der Waals surface area contributed by atoms with Gasteiger partial charge in [0.25, 0.3) is 0 Å². The summed E-state index contributed by atoms with van der Waals surface area (Å²) in [6.45, 7) is 3.47. The molecular formula is C13H19NO3S. The number of thiocarbonyl (C=S) groups is 1. The van der Waals surface area contributed by atoms with E-state index in [9.17, 15) is 0 Å². The van der Waals surface area contributed by atoms with Gasteiger partial charge in [-0.25, -0.2) is 0 Å². The third kappa shape index (κ3) is 5.00. The number of rotatable bonds is 8. The molecule has 100 valence electrons. The highest BCUT2D eigenvalue weighted by molar-refractivity contribution is 7.80. The van der Waals surface area contributed by atoms with Gasteiger partial charge in [-0.1, -0.05) is 24.4 Å². The number of nitrogens with two attached hydrogens (primary N) is 1. The molecule has 0 saturated heterocycles. The van der Waals surface area contributed by atoms with E-state index >= 15 is 0 Å². The van der Waals surface area contributed by atoms with E-state index in [0.29, 0.717) is 30.6 Å². The van der Waals surface area contributed by atoms with E-state index in [2.05, 4.69) is 0 Å². The van der Waals surface area contributed by atoms with Gasteiger partial charge in [-0.3, -0.25) is 0 Å². The SMILES string of the molecule is COCC(C)OCCOc1ccccc1C(N)=S. The van der Waals surface area contributed by atoms with Gasteiger partial charge < -0.3 is 19.9 Å². The summed E-state index contributed by atoms with van der Waals surface area (Å²) in [5.41, 5.74) is 6.36. The van der Waals surface area contributed by atoms with Crippen molar-refractivity contribution in [2.75, 3.05) is 26.9 Å². The zero-order chi connectivity index (χ0) is 13.4. The van der Waals surface area contributed by atoms with E-state index in [1.165, 1.54) is 0 Å². The molecule has 1 aromatic carbocycles. The Bertz CT molecular complexity index is 384. The lowest BCUT2D eigenvalue weighted by Gasteiger charge is -2.13. The number of hydrogen-bond acceptors (Lipinski definition) is 4. The molecule has 2 N–H and O–H groups in total. The van der Waals surface area contributed by atoms with Gasteiger partial charge >= 0.3 is 0 Å². The minimum Gasteiger partial charge on any atom is -0.490 e. The molecule has 0 radical (unpaired) electrons. The topological polar surface area (TPSA) is 53.7 Å². The Kier molecular flexibility index (Phi) is 6.64. The summed E-state index contributed by atoms with van der Waals surface area (Å²) in [4.78, 5) is 0.333. The van der Waals surface area contributed by atoms with Crippen molar-refractivity contribution in [2.45, 2.75) is 13.0 Å². The van der Waals surface area contributed by atoms with Crippen LogP contribution in [-0.2, 0) is 9.47 Å². The molecule has 1 unspecified atom stereocenters. The van der Waals surface area contributed by atoms with Crippen molar-refractivity contribution in [1.82, 2.24) is 0 Å². The Morgan fingerprint density at radius 2 is 2.06 bits per heavy atom. The van der Waals surface area contributed by atoms with Crippen molar-refractivity contribution in [3.8, 4) is 5.75 Å². The van der Waals surface area contributed by atoms with Gasteiger partial charge in [0, 0.05) is 7.11 Å². The van der Waals surface area contributed by atoms with Gasteiger partial charge in [0.05, 0.1) is 24.9 Å². The molecule has 0 bridgehead atoms. The van der Waals surface area contributed by atoms with Crippen LogP contribution in [0.3, 0.4) is 0 Å². The third-order valence-corrected chi connectivity index (χ3v) is 2.52. The lowest BCUT2D eigenvalue weighted by Crippen LogP contribution is -2.19. The highest BCUT2D eigenvalue weighted by Gasteiger charge is 2.06. The van der Waals surface area contributed by atoms with Crippen LogP contribution in [0, 0.1) is 0 Å². The number of ether oxygens (including phenoxy) is 3. The van der Waals surface area contributed by atoms with Gasteiger partial charge in [0.15, 0.2) is 0 Å². The van der Waals surface area contributed by atoms with Crippen molar-refractivity contribution in [3.63, 3.8) is 0 Å². The minimum absolute atomic E-state index is 0.0597. The summed E-state index contributed by atoms with van der Waals surface area (Å²) in [5.74, 6) is 0.688. The summed E-state index contributed by atoms with van der Waals surface area (Å²) in [7, 11) is 1.65. The summed E-state index contributed by atoms with van der Waals surface area (Å²) in [6.07, 6.45) is 0.0597. The first-order chi connectivity index (χ1) is 8.65. The number of hydrogen-bond donors (Lipinski definition) is 1. The molecule has 5 heteroatoms. The molecule has 0 spiro atoms. The monoisotopic (exact) mass is 269 g/mol. The Hall–Kier alpha value is -1.17. The molecule has 0 aromatic heterocycles. The maximum Gasteiger partial charge on any atom is 0.129 e. The van der Waals surface area contributed by atoms with E-state index in [1.54, 1.807) is 7.11 Å². The van der Waals surface area contributed by atoms with E-state index in [0.717, 1.165) is 5.56 Å². The Morgan fingerprint density at radius 3 is 2.72 bits per heavy atom. The fraction of sp³-hybridized carbons (Fsp3) is 0.462. The van der Waals surface area contributed by atoms with Crippen LogP contribution in [0.2, 0.25) is 0 Å². The van der Waals surface area contributed by atoms with Gasteiger partial charge in [0.2, 0.25) is 0 Å². The second-order valence-electron chi connectivity index (χ2n) is 3.85. The second-order valence-corrected chi connectivity index (χ2v) is 4.29. The van der Waals surface area contributed by atoms with Crippen LogP contribution >= 0.6 is 12.2 Å². The molecule has 0 saturated carbocycles. The van der Waals surface area contributed by atoms with E-state index in [-0.39, 0.29) is 6.10 Å². The molecule has 4 nitrogen and oxygen atoms in total. The van der Waals surface area contributed by atoms with Crippen LogP contribution in [0.1, 0.15) is 12.5 Å². The Labute approximate surface area is 113 Å². The third-order valence-electron chi connectivity index (χ3n) is 2.30. The fourth-order valence-corrected chi connectivity index (χ4v) is 1.65. The maximum absolute atomic E-state index is 5.61. The average Bonchev–Trinajstić information content (AvgIpc) is 2.35. The van der Waals surface area contributed by atoms with Crippen molar-refractivity contribution in [3.05, 3.63) is 29.8 Å². The maximum atomic E-state index is 5.61. The number of methoxy groups -OCH3 is 1. The molecule has 0 aliphatic carbocycles. The molecule has 0 heterocycles. The summed E-state index contributed by atoms with van der Waals surface area (Å²) in [6, 6.07) is 7.43. The van der Waals surface area contributed by atoms with E-state index in [4.69, 9.17) is 32.2 Å². The van der Waals surface area contributed by atoms with Crippen LogP contribution in [0.25, 0.3) is 0 Å². The first-order valence-corrected chi connectivity index (χ1v) is 6.18. The summed E-state index contributed by atoms with van der Waals surface area (Å²) < 4.78 is 16.1. The summed E-state index contributed by atoms with van der Waals surface area (Å²) >= 11 is 4.95. The quantitative estimate of drug-likeness (QED) is 0.575. The smallest absolute Gasteiger partial charge is 0.129 e. The normalized spacial score (nSPS) is 12.1. The first kappa shape index (κ1) is 14.9. The largest absolute Gasteiger partial charge is 0.490 e. The lowest BCUT2D eigenvalue weighted by atomic mass is 10.2. The predicted molar refractivity (Wildman–Crippen MR) is 75.1 cm³/mol. The van der Waals surface area contributed by atoms with E-state index < -0.39 is 0 Å². The zero-order valence-electron chi connectivity index (χ0n) is 10.7. The second kappa shape index (κ2) is 8.02. The Morgan fingerprint density at radius 1 is 1.33 bits per heavy atom. The van der Waals surface area contributed by atoms with Gasteiger partial charge in [-0.15, -0.1) is 0 Å². The van der Waals surface area contributed by atoms with Crippen LogP contribution < -0.4 is 10.5 Å². The summed E-state index contributed by atoms with van der Waals surface area (Å²) in [5, 5.41) is 0. The molecular weight excluding hydrogens is 250 g/mol. The number of para-hydroxylation sites is 1. The Balaban J connectivity index is 2.37. The minimum atomic E-state index is 0.0597. The highest BCUT2D eigenvalue weighted by Crippen LogP contribution is 2.17.